The average molecular weight is 312 g/mol. The quantitative estimate of drug-likeness (QED) is 0.695. The van der Waals surface area contributed by atoms with Gasteiger partial charge in [0.2, 0.25) is 0 Å². The largest absolute Gasteiger partial charge is 0.323 e. The summed E-state index contributed by atoms with van der Waals surface area (Å²) in [4.78, 5) is 4.38. The minimum Gasteiger partial charge on any atom is -0.323 e. The van der Waals surface area contributed by atoms with Gasteiger partial charge < -0.3 is 5.73 Å². The molecule has 2 nitrogen and oxygen atoms in total. The van der Waals surface area contributed by atoms with Crippen molar-refractivity contribution in [2.45, 2.75) is 15.6 Å². The van der Waals surface area contributed by atoms with Gasteiger partial charge in [0.15, 0.2) is 0 Å². The van der Waals surface area contributed by atoms with Gasteiger partial charge in [-0.15, -0.1) is 11.3 Å². The highest BCUT2D eigenvalue weighted by molar-refractivity contribution is 8.01. The highest BCUT2D eigenvalue weighted by Gasteiger charge is 2.23. The second kappa shape index (κ2) is 6.89. The van der Waals surface area contributed by atoms with Crippen molar-refractivity contribution >= 4 is 23.1 Å². The standard InChI is InChI=1S/C17H16N2S2/c18-15(13-7-3-1-4-8-13)16(14-9-5-2-6-10-14)21-17-19-11-12-20-17/h1-12,15-16H,18H2. The van der Waals surface area contributed by atoms with Crippen LogP contribution in [0.1, 0.15) is 22.4 Å². The fourth-order valence-corrected chi connectivity index (χ4v) is 4.21. The van der Waals surface area contributed by atoms with Gasteiger partial charge in [-0.05, 0) is 11.1 Å². The van der Waals surface area contributed by atoms with Crippen molar-refractivity contribution in [2.24, 2.45) is 5.73 Å². The van der Waals surface area contributed by atoms with E-state index in [0.717, 1.165) is 9.90 Å². The van der Waals surface area contributed by atoms with Gasteiger partial charge in [-0.25, -0.2) is 4.98 Å². The maximum atomic E-state index is 6.54. The molecule has 0 saturated heterocycles. The molecule has 3 aromatic rings. The zero-order valence-electron chi connectivity index (χ0n) is 11.4. The lowest BCUT2D eigenvalue weighted by molar-refractivity contribution is 0.705. The summed E-state index contributed by atoms with van der Waals surface area (Å²) < 4.78 is 1.05. The van der Waals surface area contributed by atoms with E-state index in [1.807, 2.05) is 35.8 Å². The summed E-state index contributed by atoms with van der Waals surface area (Å²) in [6.45, 7) is 0. The highest BCUT2D eigenvalue weighted by atomic mass is 32.2. The predicted octanol–water partition coefficient (Wildman–Crippen LogP) is 4.68. The Balaban J connectivity index is 1.92. The smallest absolute Gasteiger partial charge is 0.150 e. The molecule has 3 rings (SSSR count). The monoisotopic (exact) mass is 312 g/mol. The Bertz CT molecular complexity index is 654. The first-order valence-electron chi connectivity index (χ1n) is 6.76. The van der Waals surface area contributed by atoms with Crippen LogP contribution in [0.15, 0.2) is 76.6 Å². The fourth-order valence-electron chi connectivity index (χ4n) is 2.22. The lowest BCUT2D eigenvalue weighted by Gasteiger charge is -2.23. The number of nitrogens with two attached hydrogens (primary N) is 1. The summed E-state index contributed by atoms with van der Waals surface area (Å²) in [5, 5.41) is 2.15. The van der Waals surface area contributed by atoms with Crippen molar-refractivity contribution in [3.8, 4) is 0 Å². The molecule has 0 amide bonds. The number of hydrogen-bond acceptors (Lipinski definition) is 4. The van der Waals surface area contributed by atoms with Crippen molar-refractivity contribution in [3.05, 3.63) is 83.4 Å². The van der Waals surface area contributed by atoms with Gasteiger partial charge in [0.25, 0.3) is 0 Å². The van der Waals surface area contributed by atoms with Crippen LogP contribution in [0.4, 0.5) is 0 Å². The zero-order chi connectivity index (χ0) is 14.5. The van der Waals surface area contributed by atoms with Crippen LogP contribution in [0.25, 0.3) is 0 Å². The first-order valence-corrected chi connectivity index (χ1v) is 8.52. The SMILES string of the molecule is NC(c1ccccc1)C(Sc1nccs1)c1ccccc1. The van der Waals surface area contributed by atoms with Gasteiger partial charge in [0.05, 0.1) is 5.25 Å². The van der Waals surface area contributed by atoms with Crippen molar-refractivity contribution in [2.75, 3.05) is 0 Å². The number of rotatable bonds is 5. The predicted molar refractivity (Wildman–Crippen MR) is 90.5 cm³/mol. The molecule has 2 aromatic carbocycles. The molecule has 2 atom stereocenters. The molecule has 0 aliphatic heterocycles. The zero-order valence-corrected chi connectivity index (χ0v) is 13.1. The van der Waals surface area contributed by atoms with Crippen LogP contribution in [0.5, 0.6) is 0 Å². The molecular weight excluding hydrogens is 296 g/mol. The minimum absolute atomic E-state index is 0.0671. The van der Waals surface area contributed by atoms with E-state index < -0.39 is 0 Å². The second-order valence-electron chi connectivity index (χ2n) is 4.68. The third-order valence-corrected chi connectivity index (χ3v) is 5.54. The van der Waals surface area contributed by atoms with Gasteiger partial charge in [-0.2, -0.15) is 0 Å². The van der Waals surface area contributed by atoms with Crippen LogP contribution in [-0.2, 0) is 0 Å². The average Bonchev–Trinajstić information content (AvgIpc) is 3.07. The molecule has 0 radical (unpaired) electrons. The third kappa shape index (κ3) is 3.53. The van der Waals surface area contributed by atoms with Gasteiger partial charge >= 0.3 is 0 Å². The van der Waals surface area contributed by atoms with Crippen LogP contribution in [0.2, 0.25) is 0 Å². The Labute approximate surface area is 133 Å². The summed E-state index contributed by atoms with van der Waals surface area (Å²) in [7, 11) is 0. The van der Waals surface area contributed by atoms with E-state index in [-0.39, 0.29) is 11.3 Å². The summed E-state index contributed by atoms with van der Waals surface area (Å²) in [6, 6.07) is 20.6. The van der Waals surface area contributed by atoms with Gasteiger partial charge in [0.1, 0.15) is 4.34 Å². The second-order valence-corrected chi connectivity index (χ2v) is 6.97. The number of aromatic nitrogens is 1. The topological polar surface area (TPSA) is 38.9 Å². The molecule has 2 N–H and O–H groups in total. The summed E-state index contributed by atoms with van der Waals surface area (Å²) in [6.07, 6.45) is 1.84. The molecule has 4 heteroatoms. The normalized spacial score (nSPS) is 13.8. The van der Waals surface area contributed by atoms with Crippen LogP contribution in [0, 0.1) is 0 Å². The lowest BCUT2D eigenvalue weighted by atomic mass is 9.99. The molecule has 21 heavy (non-hydrogen) atoms. The molecule has 1 aromatic heterocycles. The highest BCUT2D eigenvalue weighted by Crippen LogP contribution is 2.43. The van der Waals surface area contributed by atoms with Gasteiger partial charge in [0, 0.05) is 17.6 Å². The molecule has 0 saturated carbocycles. The van der Waals surface area contributed by atoms with E-state index in [4.69, 9.17) is 5.73 Å². The molecule has 0 aliphatic carbocycles. The number of nitrogens with zero attached hydrogens (tertiary/aromatic N) is 1. The number of thioether (sulfide) groups is 1. The summed E-state index contributed by atoms with van der Waals surface area (Å²) >= 11 is 3.39. The Morgan fingerprint density at radius 2 is 1.52 bits per heavy atom. The van der Waals surface area contributed by atoms with Crippen LogP contribution < -0.4 is 5.73 Å². The van der Waals surface area contributed by atoms with E-state index in [2.05, 4.69) is 41.4 Å². The molecular formula is C17H16N2S2. The number of thiazole rings is 1. The number of benzene rings is 2. The third-order valence-electron chi connectivity index (χ3n) is 3.28. The molecule has 0 fully saturated rings. The maximum absolute atomic E-state index is 6.54. The summed E-state index contributed by atoms with van der Waals surface area (Å²) in [5.74, 6) is 0. The molecule has 106 valence electrons. The molecule has 0 bridgehead atoms. The molecule has 0 spiro atoms. The molecule has 0 aliphatic rings. The Hall–Kier alpha value is -1.62. The first kappa shape index (κ1) is 14.3. The van der Waals surface area contributed by atoms with Crippen molar-refractivity contribution in [1.29, 1.82) is 0 Å². The van der Waals surface area contributed by atoms with Crippen LogP contribution in [-0.4, -0.2) is 4.98 Å². The van der Waals surface area contributed by atoms with Crippen molar-refractivity contribution in [3.63, 3.8) is 0 Å². The Morgan fingerprint density at radius 3 is 2.10 bits per heavy atom. The van der Waals surface area contributed by atoms with Crippen LogP contribution >= 0.6 is 23.1 Å². The maximum Gasteiger partial charge on any atom is 0.150 e. The van der Waals surface area contributed by atoms with Gasteiger partial charge in [-0.3, -0.25) is 0 Å². The Morgan fingerprint density at radius 1 is 0.905 bits per heavy atom. The lowest BCUT2D eigenvalue weighted by Crippen LogP contribution is -2.17. The molecule has 1 heterocycles. The van der Waals surface area contributed by atoms with E-state index in [1.54, 1.807) is 23.1 Å². The van der Waals surface area contributed by atoms with E-state index >= 15 is 0 Å². The number of hydrogen-bond donors (Lipinski definition) is 1. The van der Waals surface area contributed by atoms with Crippen molar-refractivity contribution < 1.29 is 0 Å². The first-order chi connectivity index (χ1) is 10.3. The van der Waals surface area contributed by atoms with Gasteiger partial charge in [-0.1, -0.05) is 72.4 Å². The Kier molecular flexibility index (Phi) is 4.70. The van der Waals surface area contributed by atoms with E-state index in [1.165, 1.54) is 5.56 Å². The van der Waals surface area contributed by atoms with Crippen LogP contribution in [0.3, 0.4) is 0 Å². The minimum atomic E-state index is -0.0671. The van der Waals surface area contributed by atoms with Crippen molar-refractivity contribution in [1.82, 2.24) is 4.98 Å². The fraction of sp³-hybridized carbons (Fsp3) is 0.118. The summed E-state index contributed by atoms with van der Waals surface area (Å²) in [5.41, 5.74) is 8.92. The van der Waals surface area contributed by atoms with E-state index in [9.17, 15) is 0 Å². The molecule has 2 unspecified atom stereocenters. The van der Waals surface area contributed by atoms with E-state index in [0.29, 0.717) is 0 Å².